The first-order valence-electron chi connectivity index (χ1n) is 12.5. The fourth-order valence-electron chi connectivity index (χ4n) is 5.33. The lowest BCUT2D eigenvalue weighted by Crippen LogP contribution is -2.39. The van der Waals surface area contributed by atoms with E-state index in [1.54, 1.807) is 12.4 Å². The van der Waals surface area contributed by atoms with E-state index in [4.69, 9.17) is 9.73 Å². The molecule has 0 amide bonds. The van der Waals surface area contributed by atoms with Crippen LogP contribution in [0.5, 0.6) is 0 Å². The first-order valence-corrected chi connectivity index (χ1v) is 12.5. The van der Waals surface area contributed by atoms with Gasteiger partial charge < -0.3 is 14.5 Å². The summed E-state index contributed by atoms with van der Waals surface area (Å²) in [6.45, 7) is 3.92. The number of carbonyl (C=O) groups excluding carboxylic acids is 1. The highest BCUT2D eigenvalue weighted by atomic mass is 16.5. The van der Waals surface area contributed by atoms with Crippen molar-refractivity contribution in [1.29, 1.82) is 0 Å². The van der Waals surface area contributed by atoms with Gasteiger partial charge in [0.1, 0.15) is 11.9 Å². The SMILES string of the molecule is CC1=C(N2CCO[C@@H](c3ccc(N(C)C4CCCCC4)cc3)C2)N=C(c2ccncc2)CC1=O. The normalized spacial score (nSPS) is 22.1. The fourth-order valence-corrected chi connectivity index (χ4v) is 5.33. The van der Waals surface area contributed by atoms with Gasteiger partial charge in [-0.1, -0.05) is 31.4 Å². The Hall–Kier alpha value is -2.99. The molecule has 6 nitrogen and oxygen atoms in total. The fraction of sp³-hybridized carbons (Fsp3) is 0.464. The van der Waals surface area contributed by atoms with Gasteiger partial charge in [0.05, 0.1) is 18.7 Å². The number of pyridine rings is 1. The highest BCUT2D eigenvalue weighted by molar-refractivity contribution is 6.17. The number of hydrogen-bond acceptors (Lipinski definition) is 6. The van der Waals surface area contributed by atoms with E-state index in [1.165, 1.54) is 43.4 Å². The number of Topliss-reactive ketones (excluding diaryl/α,β-unsaturated/α-hetero) is 1. The molecule has 2 aromatic rings. The second-order valence-electron chi connectivity index (χ2n) is 9.64. The summed E-state index contributed by atoms with van der Waals surface area (Å²) in [5.74, 6) is 0.917. The Kier molecular flexibility index (Phi) is 6.77. The van der Waals surface area contributed by atoms with Gasteiger partial charge in [0, 0.05) is 49.8 Å². The number of ether oxygens (including phenoxy) is 1. The monoisotopic (exact) mass is 458 g/mol. The van der Waals surface area contributed by atoms with Crippen molar-refractivity contribution in [2.24, 2.45) is 4.99 Å². The first-order chi connectivity index (χ1) is 16.6. The van der Waals surface area contributed by atoms with Crippen LogP contribution in [0, 0.1) is 0 Å². The third kappa shape index (κ3) is 4.78. The van der Waals surface area contributed by atoms with Crippen LogP contribution < -0.4 is 4.90 Å². The third-order valence-electron chi connectivity index (χ3n) is 7.50. The average molecular weight is 459 g/mol. The summed E-state index contributed by atoms with van der Waals surface area (Å²) in [4.78, 5) is 26.5. The Bertz CT molecular complexity index is 1070. The van der Waals surface area contributed by atoms with Crippen molar-refractivity contribution >= 4 is 17.2 Å². The number of rotatable bonds is 5. The van der Waals surface area contributed by atoms with Crippen molar-refractivity contribution in [3.8, 4) is 0 Å². The zero-order chi connectivity index (χ0) is 23.5. The zero-order valence-electron chi connectivity index (χ0n) is 20.2. The molecule has 0 radical (unpaired) electrons. The van der Waals surface area contributed by atoms with Crippen LogP contribution in [0.2, 0.25) is 0 Å². The minimum atomic E-state index is -0.0420. The number of aliphatic imine (C=N–C) groups is 1. The Morgan fingerprint density at radius 2 is 1.76 bits per heavy atom. The number of ketones is 1. The van der Waals surface area contributed by atoms with E-state index in [-0.39, 0.29) is 11.9 Å². The smallest absolute Gasteiger partial charge is 0.168 e. The van der Waals surface area contributed by atoms with E-state index in [9.17, 15) is 4.79 Å². The summed E-state index contributed by atoms with van der Waals surface area (Å²) >= 11 is 0. The van der Waals surface area contributed by atoms with E-state index in [0.29, 0.717) is 25.6 Å². The lowest BCUT2D eigenvalue weighted by molar-refractivity contribution is -0.114. The standard InChI is InChI=1S/C28H34N4O2/c1-20-26(33)18-25(21-12-14-29-15-13-21)30-28(20)32-16-17-34-27(19-32)22-8-10-24(11-9-22)31(2)23-6-4-3-5-7-23/h8-15,23,27H,3-7,16-19H2,1-2H3/t27-/m1/s1. The Balaban J connectivity index is 1.32. The molecule has 3 heterocycles. The van der Waals surface area contributed by atoms with Crippen LogP contribution in [-0.4, -0.2) is 54.2 Å². The van der Waals surface area contributed by atoms with Crippen molar-refractivity contribution in [3.05, 3.63) is 71.3 Å². The maximum absolute atomic E-state index is 12.8. The summed E-state index contributed by atoms with van der Waals surface area (Å²) < 4.78 is 6.16. The zero-order valence-corrected chi connectivity index (χ0v) is 20.2. The molecule has 0 spiro atoms. The molecule has 1 aromatic heterocycles. The first kappa shape index (κ1) is 22.8. The van der Waals surface area contributed by atoms with Gasteiger partial charge in [0.2, 0.25) is 0 Å². The molecule has 0 N–H and O–H groups in total. The number of aromatic nitrogens is 1. The summed E-state index contributed by atoms with van der Waals surface area (Å²) in [6, 6.07) is 13.3. The molecule has 0 bridgehead atoms. The topological polar surface area (TPSA) is 58.0 Å². The second kappa shape index (κ2) is 10.1. The van der Waals surface area contributed by atoms with Crippen LogP contribution >= 0.6 is 0 Å². The lowest BCUT2D eigenvalue weighted by atomic mass is 9.94. The van der Waals surface area contributed by atoms with Gasteiger partial charge >= 0.3 is 0 Å². The lowest BCUT2D eigenvalue weighted by Gasteiger charge is -2.37. The Labute approximate surface area is 202 Å². The van der Waals surface area contributed by atoms with Crippen LogP contribution in [0.4, 0.5) is 5.69 Å². The summed E-state index contributed by atoms with van der Waals surface area (Å²) in [5.41, 5.74) is 4.94. The highest BCUT2D eigenvalue weighted by Gasteiger charge is 2.29. The molecule has 6 heteroatoms. The molecule has 1 aliphatic carbocycles. The number of allylic oxidation sites excluding steroid dienone is 1. The molecule has 178 valence electrons. The van der Waals surface area contributed by atoms with Crippen molar-refractivity contribution in [2.75, 3.05) is 31.6 Å². The van der Waals surface area contributed by atoms with Crippen LogP contribution in [0.25, 0.3) is 0 Å². The molecular weight excluding hydrogens is 424 g/mol. The van der Waals surface area contributed by atoms with E-state index >= 15 is 0 Å². The van der Waals surface area contributed by atoms with Crippen LogP contribution in [0.3, 0.4) is 0 Å². The predicted molar refractivity (Wildman–Crippen MR) is 135 cm³/mol. The molecule has 3 aliphatic rings. The number of anilines is 1. The van der Waals surface area contributed by atoms with Gasteiger partial charge in [-0.05, 0) is 55.2 Å². The molecule has 5 rings (SSSR count). The molecule has 1 aromatic carbocycles. The summed E-state index contributed by atoms with van der Waals surface area (Å²) in [6.07, 6.45) is 10.4. The van der Waals surface area contributed by atoms with E-state index in [0.717, 1.165) is 29.2 Å². The van der Waals surface area contributed by atoms with Crippen LogP contribution in [0.1, 0.15) is 62.7 Å². The number of carbonyl (C=O) groups is 1. The molecule has 1 saturated heterocycles. The second-order valence-corrected chi connectivity index (χ2v) is 9.64. The predicted octanol–water partition coefficient (Wildman–Crippen LogP) is 4.92. The van der Waals surface area contributed by atoms with Gasteiger partial charge in [0.25, 0.3) is 0 Å². The molecule has 2 aliphatic heterocycles. The summed E-state index contributed by atoms with van der Waals surface area (Å²) in [5, 5.41) is 0. The highest BCUT2D eigenvalue weighted by Crippen LogP contribution is 2.31. The van der Waals surface area contributed by atoms with Gasteiger partial charge in [-0.15, -0.1) is 0 Å². The van der Waals surface area contributed by atoms with Crippen molar-refractivity contribution in [3.63, 3.8) is 0 Å². The molecule has 1 saturated carbocycles. The van der Waals surface area contributed by atoms with E-state index in [2.05, 4.69) is 46.1 Å². The largest absolute Gasteiger partial charge is 0.372 e. The van der Waals surface area contributed by atoms with E-state index in [1.807, 2.05) is 19.1 Å². The van der Waals surface area contributed by atoms with E-state index < -0.39 is 0 Å². The molecular formula is C28H34N4O2. The van der Waals surface area contributed by atoms with Crippen LogP contribution in [-0.2, 0) is 9.53 Å². The molecule has 2 fully saturated rings. The summed E-state index contributed by atoms with van der Waals surface area (Å²) in [7, 11) is 2.22. The van der Waals surface area contributed by atoms with Crippen LogP contribution in [0.15, 0.2) is 65.2 Å². The average Bonchev–Trinajstić information content (AvgIpc) is 2.91. The van der Waals surface area contributed by atoms with Gasteiger partial charge in [-0.25, -0.2) is 4.99 Å². The van der Waals surface area contributed by atoms with Gasteiger partial charge in [-0.2, -0.15) is 0 Å². The maximum Gasteiger partial charge on any atom is 0.168 e. The van der Waals surface area contributed by atoms with Crippen molar-refractivity contribution in [1.82, 2.24) is 9.88 Å². The van der Waals surface area contributed by atoms with Crippen molar-refractivity contribution < 1.29 is 9.53 Å². The minimum Gasteiger partial charge on any atom is -0.372 e. The number of hydrogen-bond donors (Lipinski definition) is 0. The Morgan fingerprint density at radius 1 is 1.03 bits per heavy atom. The molecule has 0 unspecified atom stereocenters. The molecule has 1 atom stereocenters. The van der Waals surface area contributed by atoms with Gasteiger partial charge in [0.15, 0.2) is 5.78 Å². The number of morpholine rings is 1. The Morgan fingerprint density at radius 3 is 2.50 bits per heavy atom. The maximum atomic E-state index is 12.8. The molecule has 34 heavy (non-hydrogen) atoms. The minimum absolute atomic E-state index is 0.0420. The number of benzene rings is 1. The quantitative estimate of drug-likeness (QED) is 0.637. The number of nitrogens with zero attached hydrogens (tertiary/aromatic N) is 4. The van der Waals surface area contributed by atoms with Gasteiger partial charge in [-0.3, -0.25) is 9.78 Å². The van der Waals surface area contributed by atoms with Crippen molar-refractivity contribution in [2.45, 2.75) is 57.6 Å². The third-order valence-corrected chi connectivity index (χ3v) is 7.50.